The van der Waals surface area contributed by atoms with Crippen LogP contribution in [0.2, 0.25) is 0 Å². The van der Waals surface area contributed by atoms with Gasteiger partial charge in [0.05, 0.1) is 12.7 Å². The minimum Gasteiger partial charge on any atom is -0.375 e. The van der Waals surface area contributed by atoms with Crippen LogP contribution in [0.1, 0.15) is 19.8 Å². The molecule has 3 heteroatoms. The highest BCUT2D eigenvalue weighted by molar-refractivity contribution is 5.89. The Labute approximate surface area is 84.7 Å². The fraction of sp³-hybridized carbons (Fsp3) is 0.727. The van der Waals surface area contributed by atoms with Crippen molar-refractivity contribution >= 4 is 5.78 Å². The molecule has 0 aromatic carbocycles. The summed E-state index contributed by atoms with van der Waals surface area (Å²) in [6, 6.07) is 0.598. The van der Waals surface area contributed by atoms with Gasteiger partial charge in [0.15, 0.2) is 5.78 Å². The number of hydrogen-bond donors (Lipinski definition) is 0. The molecule has 0 amide bonds. The van der Waals surface area contributed by atoms with Gasteiger partial charge in [-0.1, -0.05) is 13.0 Å². The van der Waals surface area contributed by atoms with Gasteiger partial charge in [0.1, 0.15) is 0 Å². The average Bonchev–Trinajstić information content (AvgIpc) is 2.79. The molecule has 2 aliphatic heterocycles. The van der Waals surface area contributed by atoms with Gasteiger partial charge < -0.3 is 4.74 Å². The zero-order chi connectivity index (χ0) is 9.97. The van der Waals surface area contributed by atoms with E-state index in [1.807, 2.05) is 13.0 Å². The van der Waals surface area contributed by atoms with E-state index in [9.17, 15) is 4.79 Å². The number of rotatable bonds is 4. The van der Waals surface area contributed by atoms with Crippen molar-refractivity contribution in [2.24, 2.45) is 0 Å². The average molecular weight is 195 g/mol. The third kappa shape index (κ3) is 2.04. The van der Waals surface area contributed by atoms with Gasteiger partial charge in [-0.3, -0.25) is 9.69 Å². The molecule has 14 heavy (non-hydrogen) atoms. The quantitative estimate of drug-likeness (QED) is 0.627. The van der Waals surface area contributed by atoms with Crippen molar-refractivity contribution in [3.05, 3.63) is 12.2 Å². The number of hydrogen-bond acceptors (Lipinski definition) is 3. The molecule has 0 unspecified atom stereocenters. The van der Waals surface area contributed by atoms with Gasteiger partial charge >= 0.3 is 0 Å². The third-order valence-corrected chi connectivity index (χ3v) is 3.01. The Hall–Kier alpha value is -0.670. The molecule has 2 rings (SSSR count). The van der Waals surface area contributed by atoms with E-state index in [2.05, 4.69) is 4.90 Å². The Morgan fingerprint density at radius 3 is 3.07 bits per heavy atom. The molecule has 2 aliphatic rings. The third-order valence-electron chi connectivity index (χ3n) is 3.01. The molecule has 0 aromatic heterocycles. The van der Waals surface area contributed by atoms with Crippen molar-refractivity contribution in [2.45, 2.75) is 31.9 Å². The summed E-state index contributed by atoms with van der Waals surface area (Å²) < 4.78 is 5.50. The normalized spacial score (nSPS) is 31.8. The first-order valence-electron chi connectivity index (χ1n) is 5.34. The topological polar surface area (TPSA) is 29.5 Å². The second-order valence-corrected chi connectivity index (χ2v) is 4.02. The molecular formula is C11H17NO2. The second-order valence-electron chi connectivity index (χ2n) is 4.02. The van der Waals surface area contributed by atoms with Crippen molar-refractivity contribution in [2.75, 3.05) is 19.7 Å². The van der Waals surface area contributed by atoms with Crippen molar-refractivity contribution in [3.63, 3.8) is 0 Å². The Bertz CT molecular complexity index is 250. The van der Waals surface area contributed by atoms with Crippen LogP contribution < -0.4 is 0 Å². The Morgan fingerprint density at radius 1 is 1.64 bits per heavy atom. The maximum absolute atomic E-state index is 11.0. The lowest BCUT2D eigenvalue weighted by molar-refractivity contribution is -0.114. The van der Waals surface area contributed by atoms with Gasteiger partial charge in [-0.15, -0.1) is 0 Å². The summed E-state index contributed by atoms with van der Waals surface area (Å²) in [5, 5.41) is 0. The number of carbonyl (C=O) groups excluding carboxylic acids is 1. The van der Waals surface area contributed by atoms with Crippen LogP contribution in [-0.4, -0.2) is 42.5 Å². The number of ketones is 1. The fourth-order valence-corrected chi connectivity index (χ4v) is 2.14. The van der Waals surface area contributed by atoms with Crippen LogP contribution in [0.3, 0.4) is 0 Å². The summed E-state index contributed by atoms with van der Waals surface area (Å²) in [5.74, 6) is 0.214. The minimum absolute atomic E-state index is 0.214. The van der Waals surface area contributed by atoms with Gasteiger partial charge in [0.2, 0.25) is 0 Å². The van der Waals surface area contributed by atoms with E-state index in [1.165, 1.54) is 6.42 Å². The molecule has 78 valence electrons. The van der Waals surface area contributed by atoms with Gasteiger partial charge in [-0.05, 0) is 12.5 Å². The number of ether oxygens (including phenoxy) is 1. The lowest BCUT2D eigenvalue weighted by Crippen LogP contribution is -2.36. The molecule has 3 nitrogen and oxygen atoms in total. The molecule has 0 radical (unpaired) electrons. The monoisotopic (exact) mass is 195 g/mol. The molecule has 2 heterocycles. The van der Waals surface area contributed by atoms with Gasteiger partial charge in [0.25, 0.3) is 0 Å². The van der Waals surface area contributed by atoms with Crippen LogP contribution >= 0.6 is 0 Å². The smallest absolute Gasteiger partial charge is 0.155 e. The number of carbonyl (C=O) groups is 1. The van der Waals surface area contributed by atoms with Gasteiger partial charge in [-0.25, -0.2) is 0 Å². The van der Waals surface area contributed by atoms with Crippen molar-refractivity contribution < 1.29 is 9.53 Å². The largest absolute Gasteiger partial charge is 0.375 e. The first kappa shape index (κ1) is 9.87. The predicted molar refractivity (Wildman–Crippen MR) is 54.2 cm³/mol. The van der Waals surface area contributed by atoms with Crippen LogP contribution in [0.5, 0.6) is 0 Å². The first-order chi connectivity index (χ1) is 6.79. The van der Waals surface area contributed by atoms with E-state index in [0.717, 1.165) is 19.7 Å². The lowest BCUT2D eigenvalue weighted by atomic mass is 10.2. The van der Waals surface area contributed by atoms with Gasteiger partial charge in [-0.2, -0.15) is 0 Å². The number of likely N-dealkylation sites (tertiary alicyclic amines) is 1. The van der Waals surface area contributed by atoms with E-state index in [0.29, 0.717) is 18.6 Å². The zero-order valence-electron chi connectivity index (χ0n) is 8.61. The maximum atomic E-state index is 11.0. The van der Waals surface area contributed by atoms with Gasteiger partial charge in [0, 0.05) is 25.6 Å². The van der Waals surface area contributed by atoms with E-state index in [1.54, 1.807) is 6.08 Å². The Morgan fingerprint density at radius 2 is 2.50 bits per heavy atom. The molecule has 0 spiro atoms. The molecule has 2 saturated heterocycles. The Kier molecular flexibility index (Phi) is 2.99. The predicted octanol–water partition coefficient (Wildman–Crippen LogP) is 0.995. The summed E-state index contributed by atoms with van der Waals surface area (Å²) in [6.45, 7) is 4.70. The first-order valence-corrected chi connectivity index (χ1v) is 5.34. The molecule has 2 fully saturated rings. The summed E-state index contributed by atoms with van der Waals surface area (Å²) in [4.78, 5) is 13.4. The molecule has 2 atom stereocenters. The van der Waals surface area contributed by atoms with Crippen molar-refractivity contribution in [1.29, 1.82) is 0 Å². The second kappa shape index (κ2) is 4.24. The number of morpholine rings is 1. The number of allylic oxidation sites excluding steroid dienone is 1. The van der Waals surface area contributed by atoms with E-state index in [-0.39, 0.29) is 5.78 Å². The summed E-state index contributed by atoms with van der Waals surface area (Å²) >= 11 is 0. The molecule has 0 saturated carbocycles. The summed E-state index contributed by atoms with van der Waals surface area (Å²) in [5.41, 5.74) is 0. The molecule has 0 aliphatic carbocycles. The van der Waals surface area contributed by atoms with Crippen LogP contribution in [0, 0.1) is 0 Å². The minimum atomic E-state index is 0.214. The zero-order valence-corrected chi connectivity index (χ0v) is 8.61. The molecule has 0 N–H and O–H groups in total. The number of fused-ring (bicyclic) bond motifs is 2. The lowest BCUT2D eigenvalue weighted by Gasteiger charge is -2.24. The summed E-state index contributed by atoms with van der Waals surface area (Å²) in [7, 11) is 0. The van der Waals surface area contributed by atoms with E-state index >= 15 is 0 Å². The standard InChI is InChI=1S/C11H17NO2/c1-2-10(13)4-3-5-12-7-11-6-9(12)8-14-11/h3-4,9,11H,2,5-8H2,1H3/b4-3+/t9-,11-/m1/s1. The van der Waals surface area contributed by atoms with E-state index < -0.39 is 0 Å². The maximum Gasteiger partial charge on any atom is 0.155 e. The van der Waals surface area contributed by atoms with Crippen LogP contribution in [0.4, 0.5) is 0 Å². The van der Waals surface area contributed by atoms with Crippen LogP contribution in [0.25, 0.3) is 0 Å². The number of nitrogens with zero attached hydrogens (tertiary/aromatic N) is 1. The van der Waals surface area contributed by atoms with Crippen molar-refractivity contribution in [1.82, 2.24) is 4.90 Å². The molecule has 0 aromatic rings. The summed E-state index contributed by atoms with van der Waals surface area (Å²) in [6.07, 6.45) is 5.91. The Balaban J connectivity index is 1.76. The fourth-order valence-electron chi connectivity index (χ4n) is 2.14. The highest BCUT2D eigenvalue weighted by atomic mass is 16.5. The van der Waals surface area contributed by atoms with E-state index in [4.69, 9.17) is 4.74 Å². The molecular weight excluding hydrogens is 178 g/mol. The van der Waals surface area contributed by atoms with Crippen LogP contribution in [-0.2, 0) is 9.53 Å². The molecule has 2 bridgehead atoms. The SMILES string of the molecule is CCC(=O)/C=C/CN1C[C@H]2C[C@@H]1CO2. The highest BCUT2D eigenvalue weighted by Gasteiger charge is 2.37. The van der Waals surface area contributed by atoms with Crippen molar-refractivity contribution in [3.8, 4) is 0 Å². The van der Waals surface area contributed by atoms with Crippen LogP contribution in [0.15, 0.2) is 12.2 Å². The highest BCUT2D eigenvalue weighted by Crippen LogP contribution is 2.27.